The molecule has 0 radical (unpaired) electrons. The van der Waals surface area contributed by atoms with Crippen LogP contribution in [0.3, 0.4) is 0 Å². The molecule has 1 aromatic heterocycles. The van der Waals surface area contributed by atoms with Crippen LogP contribution in [0.15, 0.2) is 47.3 Å². The number of amides is 1. The van der Waals surface area contributed by atoms with Gasteiger partial charge in [0.05, 0.1) is 6.42 Å². The fourth-order valence-corrected chi connectivity index (χ4v) is 2.76. The van der Waals surface area contributed by atoms with Crippen LogP contribution in [0.1, 0.15) is 36.3 Å². The summed E-state index contributed by atoms with van der Waals surface area (Å²) in [6.45, 7) is 2.41. The zero-order valence-corrected chi connectivity index (χ0v) is 15.2. The van der Waals surface area contributed by atoms with E-state index < -0.39 is 47.7 Å². The highest BCUT2D eigenvalue weighted by atomic mass is 19.4. The zero-order chi connectivity index (χ0) is 21.1. The van der Waals surface area contributed by atoms with E-state index in [2.05, 4.69) is 5.32 Å². The molecule has 0 spiro atoms. The lowest BCUT2D eigenvalue weighted by Gasteiger charge is -2.26. The molecule has 0 saturated carbocycles. The number of carboxylic acids is 1. The Bertz CT molecular complexity index is 934. The van der Waals surface area contributed by atoms with E-state index in [1.807, 2.05) is 0 Å². The number of hydrogen-bond donors (Lipinski definition) is 2. The van der Waals surface area contributed by atoms with Crippen LogP contribution in [0.2, 0.25) is 0 Å². The molecule has 6 nitrogen and oxygen atoms in total. The fraction of sp³-hybridized carbons (Fsp3) is 0.316. The number of alkyl halides is 3. The monoisotopic (exact) mass is 396 g/mol. The summed E-state index contributed by atoms with van der Waals surface area (Å²) in [6.07, 6.45) is -5.25. The number of aromatic nitrogens is 1. The molecule has 1 amide bonds. The lowest BCUT2D eigenvalue weighted by Crippen LogP contribution is -2.36. The maximum atomic E-state index is 13.4. The lowest BCUT2D eigenvalue weighted by molar-refractivity contribution is -0.145. The predicted octanol–water partition coefficient (Wildman–Crippen LogP) is 3.62. The van der Waals surface area contributed by atoms with Gasteiger partial charge in [-0.05, 0) is 29.7 Å². The summed E-state index contributed by atoms with van der Waals surface area (Å²) in [5, 5.41) is 11.3. The van der Waals surface area contributed by atoms with Gasteiger partial charge in [0, 0.05) is 12.1 Å². The minimum Gasteiger partial charge on any atom is -0.481 e. The Balaban J connectivity index is 2.46. The second kappa shape index (κ2) is 7.87. The SMILES string of the molecule is CC(C)(CC(=O)O)Cn1c(C(F)(F)F)ccc(NC(=O)c2ccccc2)c1=O. The molecule has 2 aromatic rings. The van der Waals surface area contributed by atoms with E-state index in [1.54, 1.807) is 18.2 Å². The summed E-state index contributed by atoms with van der Waals surface area (Å²) in [6, 6.07) is 9.47. The van der Waals surface area contributed by atoms with Crippen molar-refractivity contribution in [3.63, 3.8) is 0 Å². The molecule has 28 heavy (non-hydrogen) atoms. The number of carbonyl (C=O) groups excluding carboxylic acids is 1. The molecule has 2 N–H and O–H groups in total. The maximum Gasteiger partial charge on any atom is 0.431 e. The normalized spacial score (nSPS) is 11.9. The molecule has 0 fully saturated rings. The van der Waals surface area contributed by atoms with Gasteiger partial charge in [0.1, 0.15) is 11.4 Å². The van der Waals surface area contributed by atoms with E-state index in [-0.39, 0.29) is 11.3 Å². The van der Waals surface area contributed by atoms with Crippen LogP contribution >= 0.6 is 0 Å². The van der Waals surface area contributed by atoms with E-state index in [9.17, 15) is 27.6 Å². The number of carboxylic acid groups (broad SMARTS) is 1. The zero-order valence-electron chi connectivity index (χ0n) is 15.2. The van der Waals surface area contributed by atoms with Crippen molar-refractivity contribution in [2.24, 2.45) is 5.41 Å². The molecule has 150 valence electrons. The van der Waals surface area contributed by atoms with Gasteiger partial charge in [0.15, 0.2) is 0 Å². The molecule has 0 saturated heterocycles. The fourth-order valence-electron chi connectivity index (χ4n) is 2.76. The third kappa shape index (κ3) is 5.21. The molecule has 0 bridgehead atoms. The summed E-state index contributed by atoms with van der Waals surface area (Å²) < 4.78 is 40.5. The molecular formula is C19H19F3N2O4. The highest BCUT2D eigenvalue weighted by Crippen LogP contribution is 2.31. The number of rotatable bonds is 6. The van der Waals surface area contributed by atoms with Crippen molar-refractivity contribution in [2.75, 3.05) is 5.32 Å². The molecule has 0 unspecified atom stereocenters. The van der Waals surface area contributed by atoms with Crippen molar-refractivity contribution < 1.29 is 27.9 Å². The first-order valence-electron chi connectivity index (χ1n) is 8.30. The molecule has 0 aliphatic rings. The van der Waals surface area contributed by atoms with Crippen molar-refractivity contribution in [2.45, 2.75) is 33.0 Å². The minimum absolute atomic E-state index is 0.236. The summed E-state index contributed by atoms with van der Waals surface area (Å²) in [5.41, 5.74) is -3.49. The first kappa shape index (κ1) is 21.2. The second-order valence-electron chi connectivity index (χ2n) is 7.08. The van der Waals surface area contributed by atoms with E-state index >= 15 is 0 Å². The number of aliphatic carboxylic acids is 1. The van der Waals surface area contributed by atoms with Crippen LogP contribution in [0.25, 0.3) is 0 Å². The van der Waals surface area contributed by atoms with Crippen molar-refractivity contribution in [3.05, 3.63) is 64.1 Å². The lowest BCUT2D eigenvalue weighted by atomic mass is 9.89. The molecular weight excluding hydrogens is 377 g/mol. The van der Waals surface area contributed by atoms with Crippen LogP contribution in [0.4, 0.5) is 18.9 Å². The first-order valence-corrected chi connectivity index (χ1v) is 8.30. The predicted molar refractivity (Wildman–Crippen MR) is 96.1 cm³/mol. The molecule has 1 aromatic carbocycles. The van der Waals surface area contributed by atoms with Crippen LogP contribution < -0.4 is 10.9 Å². The Morgan fingerprint density at radius 1 is 1.07 bits per heavy atom. The van der Waals surface area contributed by atoms with Gasteiger partial charge in [0.25, 0.3) is 11.5 Å². The van der Waals surface area contributed by atoms with Crippen LogP contribution in [0, 0.1) is 5.41 Å². The van der Waals surface area contributed by atoms with E-state index in [0.717, 1.165) is 6.07 Å². The largest absolute Gasteiger partial charge is 0.481 e. The Morgan fingerprint density at radius 3 is 2.21 bits per heavy atom. The number of pyridine rings is 1. The van der Waals surface area contributed by atoms with Crippen molar-refractivity contribution in [1.82, 2.24) is 4.57 Å². The summed E-state index contributed by atoms with van der Waals surface area (Å²) >= 11 is 0. The van der Waals surface area contributed by atoms with Gasteiger partial charge in [-0.3, -0.25) is 14.4 Å². The van der Waals surface area contributed by atoms with Crippen molar-refractivity contribution in [3.8, 4) is 0 Å². The molecule has 9 heteroatoms. The molecule has 0 atom stereocenters. The van der Waals surface area contributed by atoms with Gasteiger partial charge >= 0.3 is 12.1 Å². The number of benzene rings is 1. The number of nitrogens with zero attached hydrogens (tertiary/aromatic N) is 1. The number of anilines is 1. The second-order valence-corrected chi connectivity index (χ2v) is 7.08. The highest BCUT2D eigenvalue weighted by molar-refractivity contribution is 6.04. The first-order chi connectivity index (χ1) is 12.9. The summed E-state index contributed by atoms with van der Waals surface area (Å²) in [4.78, 5) is 35.9. The number of carbonyl (C=O) groups is 2. The van der Waals surface area contributed by atoms with Gasteiger partial charge in [0.2, 0.25) is 0 Å². The van der Waals surface area contributed by atoms with Crippen LogP contribution in [0.5, 0.6) is 0 Å². The highest BCUT2D eigenvalue weighted by Gasteiger charge is 2.36. The Hall–Kier alpha value is -3.10. The van der Waals surface area contributed by atoms with Crippen LogP contribution in [-0.2, 0) is 17.5 Å². The third-order valence-electron chi connectivity index (χ3n) is 3.96. The molecule has 1 heterocycles. The quantitative estimate of drug-likeness (QED) is 0.781. The Morgan fingerprint density at radius 2 is 1.68 bits per heavy atom. The Labute approximate surface area is 158 Å². The van der Waals surface area contributed by atoms with Gasteiger partial charge in [-0.1, -0.05) is 32.0 Å². The smallest absolute Gasteiger partial charge is 0.431 e. The maximum absolute atomic E-state index is 13.4. The van der Waals surface area contributed by atoms with E-state index in [0.29, 0.717) is 10.6 Å². The van der Waals surface area contributed by atoms with Crippen molar-refractivity contribution >= 4 is 17.6 Å². The number of hydrogen-bond acceptors (Lipinski definition) is 3. The third-order valence-corrected chi connectivity index (χ3v) is 3.96. The van der Waals surface area contributed by atoms with Gasteiger partial charge < -0.3 is 15.0 Å². The van der Waals surface area contributed by atoms with Crippen molar-refractivity contribution in [1.29, 1.82) is 0 Å². The van der Waals surface area contributed by atoms with Gasteiger partial charge in [-0.2, -0.15) is 13.2 Å². The topological polar surface area (TPSA) is 88.4 Å². The van der Waals surface area contributed by atoms with E-state index in [1.165, 1.54) is 26.0 Å². The number of halogens is 3. The molecule has 2 rings (SSSR count). The molecule has 0 aliphatic heterocycles. The average molecular weight is 396 g/mol. The number of nitrogens with one attached hydrogen (secondary N) is 1. The summed E-state index contributed by atoms with van der Waals surface area (Å²) in [7, 11) is 0. The van der Waals surface area contributed by atoms with E-state index in [4.69, 9.17) is 5.11 Å². The average Bonchev–Trinajstić information content (AvgIpc) is 2.56. The molecule has 0 aliphatic carbocycles. The van der Waals surface area contributed by atoms with Gasteiger partial charge in [-0.25, -0.2) is 0 Å². The van der Waals surface area contributed by atoms with Gasteiger partial charge in [-0.15, -0.1) is 0 Å². The van der Waals surface area contributed by atoms with Crippen LogP contribution in [-0.4, -0.2) is 21.6 Å². The Kier molecular flexibility index (Phi) is 5.96. The minimum atomic E-state index is -4.82. The summed E-state index contributed by atoms with van der Waals surface area (Å²) in [5.74, 6) is -1.84. The standard InChI is InChI=1S/C19H19F3N2O4/c1-18(2,10-15(25)26)11-24-14(19(20,21)22)9-8-13(17(24)28)23-16(27)12-6-4-3-5-7-12/h3-9H,10-11H2,1-2H3,(H,23,27)(H,25,26).